The second-order valence-corrected chi connectivity index (χ2v) is 3.98. The third-order valence-corrected chi connectivity index (χ3v) is 1.82. The Hall–Kier alpha value is -1.31. The van der Waals surface area contributed by atoms with E-state index in [4.69, 9.17) is 16.3 Å². The van der Waals surface area contributed by atoms with Crippen LogP contribution in [0.5, 0.6) is 12.0 Å². The van der Waals surface area contributed by atoms with Crippen LogP contribution in [0, 0.1) is 0 Å². The van der Waals surface area contributed by atoms with Crippen LogP contribution >= 0.6 is 11.6 Å². The average molecular weight is 286 g/mol. The fourth-order valence-corrected chi connectivity index (χ4v) is 1.00. The Morgan fingerprint density at radius 2 is 1.50 bits per heavy atom. The molecule has 0 bridgehead atoms. The van der Waals surface area contributed by atoms with Crippen LogP contribution < -0.4 is 9.47 Å². The number of alkyl halides is 3. The molecule has 0 radical (unpaired) electrons. The van der Waals surface area contributed by atoms with Crippen LogP contribution in [0.25, 0.3) is 0 Å². The van der Waals surface area contributed by atoms with Gasteiger partial charge in [-0.25, -0.2) is 0 Å². The molecule has 0 amide bonds. The van der Waals surface area contributed by atoms with E-state index in [0.717, 1.165) is 6.92 Å². The molecule has 0 aromatic carbocycles. The number of rotatable bonds is 4. The van der Waals surface area contributed by atoms with Crippen molar-refractivity contribution in [1.82, 2.24) is 15.0 Å². The van der Waals surface area contributed by atoms with E-state index in [1.807, 2.05) is 0 Å². The molecule has 0 fully saturated rings. The van der Waals surface area contributed by atoms with Gasteiger partial charge in [-0.05, 0) is 32.4 Å². The Kier molecular flexibility index (Phi) is 4.55. The first-order chi connectivity index (χ1) is 8.18. The number of aromatic nitrogens is 3. The molecular weight excluding hydrogens is 275 g/mol. The lowest BCUT2D eigenvalue weighted by Gasteiger charge is -2.16. The first-order valence-electron chi connectivity index (χ1n) is 5.00. The maximum atomic E-state index is 12.3. The van der Waals surface area contributed by atoms with Crippen LogP contribution in [0.4, 0.5) is 13.2 Å². The fraction of sp³-hybridized carbons (Fsp3) is 0.667. The molecular formula is C9H11ClF3N3O2. The van der Waals surface area contributed by atoms with E-state index >= 15 is 0 Å². The minimum absolute atomic E-state index is 0.186. The van der Waals surface area contributed by atoms with Crippen LogP contribution in [-0.2, 0) is 0 Å². The summed E-state index contributed by atoms with van der Waals surface area (Å²) in [5, 5.41) is -0.301. The van der Waals surface area contributed by atoms with Gasteiger partial charge in [0.05, 0.1) is 6.10 Å². The summed E-state index contributed by atoms with van der Waals surface area (Å²) in [4.78, 5) is 10.6. The molecule has 1 atom stereocenters. The number of hydrogen-bond donors (Lipinski definition) is 0. The zero-order chi connectivity index (χ0) is 13.9. The summed E-state index contributed by atoms with van der Waals surface area (Å²) in [6, 6.07) is -0.718. The van der Waals surface area contributed by atoms with Crippen LogP contribution in [0.15, 0.2) is 0 Å². The van der Waals surface area contributed by atoms with E-state index < -0.39 is 18.3 Å². The average Bonchev–Trinajstić information content (AvgIpc) is 2.13. The summed E-state index contributed by atoms with van der Waals surface area (Å²) in [5.41, 5.74) is 0. The molecule has 0 N–H and O–H groups in total. The summed E-state index contributed by atoms with van der Waals surface area (Å²) >= 11 is 5.53. The first-order valence-corrected chi connectivity index (χ1v) is 5.38. The minimum Gasteiger partial charge on any atom is -0.461 e. The first kappa shape index (κ1) is 14.7. The highest BCUT2D eigenvalue weighted by atomic mass is 35.5. The minimum atomic E-state index is -4.52. The molecule has 9 heteroatoms. The molecule has 1 aromatic rings. The van der Waals surface area contributed by atoms with Gasteiger partial charge >= 0.3 is 18.2 Å². The summed E-state index contributed by atoms with van der Waals surface area (Å²) in [6.07, 6.45) is -6.82. The van der Waals surface area contributed by atoms with Crippen molar-refractivity contribution in [3.8, 4) is 12.0 Å². The van der Waals surface area contributed by atoms with Crippen molar-refractivity contribution in [3.63, 3.8) is 0 Å². The second kappa shape index (κ2) is 5.55. The topological polar surface area (TPSA) is 57.1 Å². The lowest BCUT2D eigenvalue weighted by atomic mass is 10.4. The van der Waals surface area contributed by atoms with Crippen molar-refractivity contribution in [2.75, 3.05) is 0 Å². The molecule has 0 saturated carbocycles. The predicted octanol–water partition coefficient (Wildman–Crippen LogP) is 2.64. The van der Waals surface area contributed by atoms with E-state index in [-0.39, 0.29) is 17.4 Å². The largest absolute Gasteiger partial charge is 0.461 e. The molecule has 18 heavy (non-hydrogen) atoms. The van der Waals surface area contributed by atoms with Crippen molar-refractivity contribution in [2.24, 2.45) is 0 Å². The van der Waals surface area contributed by atoms with Gasteiger partial charge in [0.25, 0.3) is 0 Å². The van der Waals surface area contributed by atoms with Crippen molar-refractivity contribution in [3.05, 3.63) is 5.28 Å². The van der Waals surface area contributed by atoms with Gasteiger partial charge in [0.1, 0.15) is 0 Å². The Morgan fingerprint density at radius 3 is 1.94 bits per heavy atom. The van der Waals surface area contributed by atoms with Crippen LogP contribution in [0.3, 0.4) is 0 Å². The summed E-state index contributed by atoms with van der Waals surface area (Å²) < 4.78 is 46.5. The van der Waals surface area contributed by atoms with Gasteiger partial charge < -0.3 is 9.47 Å². The Morgan fingerprint density at radius 1 is 1.00 bits per heavy atom. The lowest BCUT2D eigenvalue weighted by Crippen LogP contribution is -2.31. The highest BCUT2D eigenvalue weighted by Crippen LogP contribution is 2.24. The van der Waals surface area contributed by atoms with E-state index in [9.17, 15) is 13.2 Å². The standard InChI is InChI=1S/C9H11ClF3N3O2/c1-4(2)17-7-14-6(10)15-8(16-7)18-5(3)9(11,12)13/h4-5H,1-3H3. The monoisotopic (exact) mass is 285 g/mol. The van der Waals surface area contributed by atoms with Gasteiger partial charge in [-0.2, -0.15) is 23.1 Å². The SMILES string of the molecule is CC(C)Oc1nc(Cl)nc(OC(C)C(F)(F)F)n1. The van der Waals surface area contributed by atoms with Crippen LogP contribution in [0.1, 0.15) is 20.8 Å². The molecule has 0 aliphatic carbocycles. The molecule has 0 spiro atoms. The summed E-state index contributed by atoms with van der Waals surface area (Å²) in [5.74, 6) is 0. The van der Waals surface area contributed by atoms with E-state index in [1.54, 1.807) is 13.8 Å². The summed E-state index contributed by atoms with van der Waals surface area (Å²) in [7, 11) is 0. The van der Waals surface area contributed by atoms with Gasteiger partial charge in [0.2, 0.25) is 5.28 Å². The molecule has 1 rings (SSSR count). The molecule has 1 aromatic heterocycles. The van der Waals surface area contributed by atoms with Crippen molar-refractivity contribution < 1.29 is 22.6 Å². The zero-order valence-electron chi connectivity index (χ0n) is 9.82. The van der Waals surface area contributed by atoms with Crippen LogP contribution in [-0.4, -0.2) is 33.3 Å². The smallest absolute Gasteiger partial charge is 0.425 e. The number of ether oxygens (including phenoxy) is 2. The fourth-order valence-electron chi connectivity index (χ4n) is 0.856. The second-order valence-electron chi connectivity index (χ2n) is 3.64. The van der Waals surface area contributed by atoms with E-state index in [1.165, 1.54) is 0 Å². The Bertz CT molecular complexity index is 415. The quantitative estimate of drug-likeness (QED) is 0.851. The number of hydrogen-bond acceptors (Lipinski definition) is 5. The number of nitrogens with zero attached hydrogens (tertiary/aromatic N) is 3. The maximum absolute atomic E-state index is 12.3. The third-order valence-electron chi connectivity index (χ3n) is 1.65. The molecule has 102 valence electrons. The van der Waals surface area contributed by atoms with Gasteiger partial charge in [0, 0.05) is 0 Å². The predicted molar refractivity (Wildman–Crippen MR) is 56.7 cm³/mol. The van der Waals surface area contributed by atoms with E-state index in [2.05, 4.69) is 19.7 Å². The molecule has 0 saturated heterocycles. The van der Waals surface area contributed by atoms with Gasteiger partial charge in [-0.1, -0.05) is 0 Å². The molecule has 0 aliphatic rings. The third kappa shape index (κ3) is 4.52. The highest BCUT2D eigenvalue weighted by molar-refractivity contribution is 6.28. The normalized spacial score (nSPS) is 13.6. The molecule has 0 aliphatic heterocycles. The van der Waals surface area contributed by atoms with Crippen molar-refractivity contribution >= 4 is 11.6 Å². The Balaban J connectivity index is 2.86. The van der Waals surface area contributed by atoms with E-state index in [0.29, 0.717) is 0 Å². The molecule has 1 heterocycles. The van der Waals surface area contributed by atoms with Gasteiger partial charge in [-0.15, -0.1) is 4.98 Å². The van der Waals surface area contributed by atoms with Gasteiger partial charge in [-0.3, -0.25) is 0 Å². The Labute approximate surface area is 106 Å². The maximum Gasteiger partial charge on any atom is 0.425 e. The van der Waals surface area contributed by atoms with Crippen LogP contribution in [0.2, 0.25) is 5.28 Å². The molecule has 1 unspecified atom stereocenters. The summed E-state index contributed by atoms with van der Waals surface area (Å²) in [6.45, 7) is 4.24. The van der Waals surface area contributed by atoms with Gasteiger partial charge in [0.15, 0.2) is 6.10 Å². The number of halogens is 4. The van der Waals surface area contributed by atoms with Crippen molar-refractivity contribution in [1.29, 1.82) is 0 Å². The van der Waals surface area contributed by atoms with Crippen molar-refractivity contribution in [2.45, 2.75) is 39.2 Å². The molecule has 5 nitrogen and oxygen atoms in total. The highest BCUT2D eigenvalue weighted by Gasteiger charge is 2.38. The zero-order valence-corrected chi connectivity index (χ0v) is 10.6. The lowest BCUT2D eigenvalue weighted by molar-refractivity contribution is -0.190.